The van der Waals surface area contributed by atoms with Gasteiger partial charge in [-0.05, 0) is 56.3 Å². The van der Waals surface area contributed by atoms with E-state index < -0.39 is 0 Å². The van der Waals surface area contributed by atoms with Gasteiger partial charge in [-0.25, -0.2) is 4.68 Å². The van der Waals surface area contributed by atoms with Gasteiger partial charge in [-0.15, -0.1) is 0 Å². The van der Waals surface area contributed by atoms with Crippen molar-refractivity contribution in [2.75, 3.05) is 19.6 Å². The Labute approximate surface area is 161 Å². The number of nitrogens with one attached hydrogen (secondary N) is 1. The molecule has 0 amide bonds. The molecule has 2 aromatic rings. The van der Waals surface area contributed by atoms with Crippen LogP contribution in [0.2, 0.25) is 0 Å². The van der Waals surface area contributed by atoms with Gasteiger partial charge in [-0.3, -0.25) is 9.69 Å². The molecular weight excluding hydrogens is 336 g/mol. The number of aryl methyl sites for hydroxylation is 1. The summed E-state index contributed by atoms with van der Waals surface area (Å²) in [5.41, 5.74) is 3.89. The summed E-state index contributed by atoms with van der Waals surface area (Å²) in [6.07, 6.45) is 6.08. The van der Waals surface area contributed by atoms with Gasteiger partial charge in [0, 0.05) is 31.2 Å². The fraction of sp³-hybridized carbons (Fsp3) is 0.545. The second kappa shape index (κ2) is 8.36. The van der Waals surface area contributed by atoms with Gasteiger partial charge in [0.15, 0.2) is 0 Å². The number of aromatic nitrogens is 2. The Morgan fingerprint density at radius 2 is 1.85 bits per heavy atom. The minimum atomic E-state index is -0.00370. The van der Waals surface area contributed by atoms with Crippen molar-refractivity contribution < 1.29 is 0 Å². The number of nitrogens with zero attached hydrogens (tertiary/aromatic N) is 3. The summed E-state index contributed by atoms with van der Waals surface area (Å²) in [6, 6.07) is 13.3. The highest BCUT2D eigenvalue weighted by atomic mass is 16.1. The highest BCUT2D eigenvalue weighted by molar-refractivity contribution is 5.33. The predicted octanol–water partition coefficient (Wildman–Crippen LogP) is 2.16. The van der Waals surface area contributed by atoms with Crippen molar-refractivity contribution in [1.29, 1.82) is 0 Å². The van der Waals surface area contributed by atoms with E-state index in [0.717, 1.165) is 38.2 Å². The molecule has 27 heavy (non-hydrogen) atoms. The standard InChI is InChI=1S/C22H30N4O/c1-17-9-10-22(27)26(24-17)13-12-25-11-5-4-8-21(25)16-23-20-14-18-6-2-3-7-19(18)15-20/h2-3,6-7,9-10,20-21,23H,4-5,8,11-16H2,1H3. The normalized spacial score (nSPS) is 20.7. The average molecular weight is 367 g/mol. The van der Waals surface area contributed by atoms with Crippen LogP contribution in [0.25, 0.3) is 0 Å². The van der Waals surface area contributed by atoms with Crippen LogP contribution < -0.4 is 10.9 Å². The quantitative estimate of drug-likeness (QED) is 0.851. The lowest BCUT2D eigenvalue weighted by atomic mass is 10.0. The smallest absolute Gasteiger partial charge is 0.266 e. The van der Waals surface area contributed by atoms with E-state index in [1.165, 1.54) is 30.4 Å². The molecule has 1 fully saturated rings. The molecule has 0 radical (unpaired) electrons. The van der Waals surface area contributed by atoms with E-state index in [0.29, 0.717) is 18.6 Å². The fourth-order valence-corrected chi connectivity index (χ4v) is 4.53. The molecule has 1 aliphatic carbocycles. The molecule has 2 aliphatic rings. The van der Waals surface area contributed by atoms with E-state index in [1.54, 1.807) is 16.8 Å². The zero-order valence-corrected chi connectivity index (χ0v) is 16.2. The Morgan fingerprint density at radius 3 is 2.63 bits per heavy atom. The summed E-state index contributed by atoms with van der Waals surface area (Å²) in [7, 11) is 0. The van der Waals surface area contributed by atoms with E-state index in [4.69, 9.17) is 0 Å². The second-order valence-corrected chi connectivity index (χ2v) is 8.00. The topological polar surface area (TPSA) is 50.2 Å². The number of likely N-dealkylation sites (tertiary alicyclic amines) is 1. The van der Waals surface area contributed by atoms with Gasteiger partial charge >= 0.3 is 0 Å². The first kappa shape index (κ1) is 18.4. The Kier molecular flexibility index (Phi) is 5.69. The second-order valence-electron chi connectivity index (χ2n) is 8.00. The molecule has 0 saturated carbocycles. The first-order chi connectivity index (χ1) is 13.2. The molecule has 5 heteroatoms. The first-order valence-corrected chi connectivity index (χ1v) is 10.3. The highest BCUT2D eigenvalue weighted by Gasteiger charge is 2.25. The van der Waals surface area contributed by atoms with Crippen LogP contribution >= 0.6 is 0 Å². The summed E-state index contributed by atoms with van der Waals surface area (Å²) in [5.74, 6) is 0. The molecule has 4 rings (SSSR count). The summed E-state index contributed by atoms with van der Waals surface area (Å²) < 4.78 is 1.61. The fourth-order valence-electron chi connectivity index (χ4n) is 4.53. The molecule has 1 atom stereocenters. The van der Waals surface area contributed by atoms with Gasteiger partial charge in [0.1, 0.15) is 0 Å². The molecule has 0 spiro atoms. The minimum Gasteiger partial charge on any atom is -0.312 e. The maximum atomic E-state index is 12.0. The van der Waals surface area contributed by atoms with E-state index in [1.807, 2.05) is 6.92 Å². The van der Waals surface area contributed by atoms with Crippen molar-refractivity contribution >= 4 is 0 Å². The maximum Gasteiger partial charge on any atom is 0.266 e. The predicted molar refractivity (Wildman–Crippen MR) is 108 cm³/mol. The third-order valence-electron chi connectivity index (χ3n) is 6.04. The third-order valence-corrected chi connectivity index (χ3v) is 6.04. The van der Waals surface area contributed by atoms with Gasteiger partial charge < -0.3 is 5.32 Å². The van der Waals surface area contributed by atoms with E-state index in [2.05, 4.69) is 39.6 Å². The van der Waals surface area contributed by atoms with Gasteiger partial charge in [-0.1, -0.05) is 30.7 Å². The monoisotopic (exact) mass is 366 g/mol. The van der Waals surface area contributed by atoms with Crippen LogP contribution in [0.1, 0.15) is 36.1 Å². The van der Waals surface area contributed by atoms with Crippen LogP contribution in [-0.2, 0) is 19.4 Å². The van der Waals surface area contributed by atoms with Crippen molar-refractivity contribution in [3.05, 3.63) is 63.6 Å². The van der Waals surface area contributed by atoms with Crippen LogP contribution in [0.4, 0.5) is 0 Å². The number of fused-ring (bicyclic) bond motifs is 1. The van der Waals surface area contributed by atoms with E-state index >= 15 is 0 Å². The van der Waals surface area contributed by atoms with Crippen molar-refractivity contribution in [3.8, 4) is 0 Å². The number of benzene rings is 1. The van der Waals surface area contributed by atoms with E-state index in [-0.39, 0.29) is 5.56 Å². The van der Waals surface area contributed by atoms with Gasteiger partial charge in [0.25, 0.3) is 5.56 Å². The first-order valence-electron chi connectivity index (χ1n) is 10.3. The Morgan fingerprint density at radius 1 is 1.07 bits per heavy atom. The molecule has 1 saturated heterocycles. The molecule has 0 bridgehead atoms. The average Bonchev–Trinajstić information content (AvgIpc) is 3.10. The van der Waals surface area contributed by atoms with Crippen LogP contribution in [0.3, 0.4) is 0 Å². The maximum absolute atomic E-state index is 12.0. The number of piperidine rings is 1. The summed E-state index contributed by atoms with van der Waals surface area (Å²) >= 11 is 0. The van der Waals surface area contributed by atoms with Crippen molar-refractivity contribution in [1.82, 2.24) is 20.0 Å². The lowest BCUT2D eigenvalue weighted by Gasteiger charge is -2.36. The Bertz CT molecular complexity index is 806. The number of hydrogen-bond donors (Lipinski definition) is 1. The summed E-state index contributed by atoms with van der Waals surface area (Å²) in [5, 5.41) is 8.20. The molecule has 1 unspecified atom stereocenters. The number of rotatable bonds is 6. The molecule has 2 heterocycles. The summed E-state index contributed by atoms with van der Waals surface area (Å²) in [4.78, 5) is 14.6. The molecule has 1 aromatic heterocycles. The van der Waals surface area contributed by atoms with Gasteiger partial charge in [-0.2, -0.15) is 5.10 Å². The molecule has 1 aromatic carbocycles. The van der Waals surface area contributed by atoms with Crippen LogP contribution in [-0.4, -0.2) is 46.4 Å². The Hall–Kier alpha value is -1.98. The minimum absolute atomic E-state index is 0.00370. The van der Waals surface area contributed by atoms with Crippen LogP contribution in [0.15, 0.2) is 41.2 Å². The summed E-state index contributed by atoms with van der Waals surface area (Å²) in [6.45, 7) is 5.66. The zero-order valence-electron chi connectivity index (χ0n) is 16.2. The molecule has 1 aliphatic heterocycles. The lowest BCUT2D eigenvalue weighted by Crippen LogP contribution is -2.49. The molecule has 1 N–H and O–H groups in total. The largest absolute Gasteiger partial charge is 0.312 e. The van der Waals surface area contributed by atoms with Crippen molar-refractivity contribution in [2.45, 2.75) is 57.7 Å². The zero-order chi connectivity index (χ0) is 18.6. The van der Waals surface area contributed by atoms with Gasteiger partial charge in [0.2, 0.25) is 0 Å². The van der Waals surface area contributed by atoms with E-state index in [9.17, 15) is 4.79 Å². The van der Waals surface area contributed by atoms with Crippen LogP contribution in [0.5, 0.6) is 0 Å². The van der Waals surface area contributed by atoms with Crippen molar-refractivity contribution in [2.24, 2.45) is 0 Å². The number of hydrogen-bond acceptors (Lipinski definition) is 4. The molecule has 144 valence electrons. The lowest BCUT2D eigenvalue weighted by molar-refractivity contribution is 0.135. The van der Waals surface area contributed by atoms with Gasteiger partial charge in [0.05, 0.1) is 12.2 Å². The van der Waals surface area contributed by atoms with Crippen LogP contribution in [0, 0.1) is 6.92 Å². The molecular formula is C22H30N4O. The highest BCUT2D eigenvalue weighted by Crippen LogP contribution is 2.22. The molecule has 5 nitrogen and oxygen atoms in total. The SMILES string of the molecule is Cc1ccc(=O)n(CCN2CCCCC2CNC2Cc3ccccc3C2)n1. The van der Waals surface area contributed by atoms with Crippen molar-refractivity contribution in [3.63, 3.8) is 0 Å². The Balaban J connectivity index is 1.31. The third kappa shape index (κ3) is 4.47.